The number of hydrogen-bond acceptors (Lipinski definition) is 4. The van der Waals surface area contributed by atoms with Crippen molar-refractivity contribution in [2.24, 2.45) is 5.92 Å². The fraction of sp³-hybridized carbons (Fsp3) is 0.733. The lowest BCUT2D eigenvalue weighted by Crippen LogP contribution is -2.42. The quantitative estimate of drug-likeness (QED) is 0.902. The van der Waals surface area contributed by atoms with Crippen LogP contribution in [-0.2, 0) is 6.54 Å². The summed E-state index contributed by atoms with van der Waals surface area (Å²) in [5.74, 6) is 1.64. The highest BCUT2D eigenvalue weighted by atomic mass is 15.3. The molecule has 104 valence electrons. The van der Waals surface area contributed by atoms with E-state index in [1.807, 2.05) is 12.4 Å². The van der Waals surface area contributed by atoms with E-state index in [9.17, 15) is 0 Å². The lowest BCUT2D eigenvalue weighted by Gasteiger charge is -2.36. The molecule has 4 heteroatoms. The Balaban J connectivity index is 1.63. The van der Waals surface area contributed by atoms with Crippen molar-refractivity contribution in [1.29, 1.82) is 0 Å². The second kappa shape index (κ2) is 5.45. The van der Waals surface area contributed by atoms with Gasteiger partial charge in [-0.3, -0.25) is 0 Å². The zero-order chi connectivity index (χ0) is 13.2. The second-order valence-electron chi connectivity index (χ2n) is 6.23. The van der Waals surface area contributed by atoms with Gasteiger partial charge in [0.1, 0.15) is 0 Å². The van der Waals surface area contributed by atoms with Crippen molar-refractivity contribution in [3.63, 3.8) is 0 Å². The van der Waals surface area contributed by atoms with E-state index >= 15 is 0 Å². The van der Waals surface area contributed by atoms with Crippen LogP contribution in [-0.4, -0.2) is 28.6 Å². The number of nitrogens with zero attached hydrogens (tertiary/aromatic N) is 3. The first-order valence-corrected chi connectivity index (χ1v) is 7.53. The molecule has 3 rings (SSSR count). The smallest absolute Gasteiger partial charge is 0.225 e. The van der Waals surface area contributed by atoms with Crippen LogP contribution in [0.4, 0.5) is 5.95 Å². The Bertz CT molecular complexity index is 413. The van der Waals surface area contributed by atoms with Crippen LogP contribution in [0.15, 0.2) is 12.4 Å². The van der Waals surface area contributed by atoms with E-state index < -0.39 is 0 Å². The summed E-state index contributed by atoms with van der Waals surface area (Å²) in [5.41, 5.74) is 1.19. The fourth-order valence-corrected chi connectivity index (χ4v) is 2.70. The summed E-state index contributed by atoms with van der Waals surface area (Å²) in [6.07, 6.45) is 9.16. The summed E-state index contributed by atoms with van der Waals surface area (Å²) in [5, 5.41) is 3.49. The van der Waals surface area contributed by atoms with E-state index in [1.54, 1.807) is 0 Å². The van der Waals surface area contributed by atoms with Gasteiger partial charge in [0.2, 0.25) is 5.95 Å². The third kappa shape index (κ3) is 3.24. The van der Waals surface area contributed by atoms with Crippen molar-refractivity contribution in [1.82, 2.24) is 15.3 Å². The van der Waals surface area contributed by atoms with Crippen LogP contribution in [0.1, 0.15) is 45.1 Å². The van der Waals surface area contributed by atoms with Gasteiger partial charge in [-0.25, -0.2) is 9.97 Å². The van der Waals surface area contributed by atoms with Crippen molar-refractivity contribution in [3.8, 4) is 0 Å². The lowest BCUT2D eigenvalue weighted by molar-refractivity contribution is 0.385. The monoisotopic (exact) mass is 260 g/mol. The van der Waals surface area contributed by atoms with Crippen LogP contribution in [0.25, 0.3) is 0 Å². The molecule has 0 aromatic carbocycles. The van der Waals surface area contributed by atoms with Crippen molar-refractivity contribution in [2.75, 3.05) is 11.4 Å². The molecular weight excluding hydrogens is 236 g/mol. The Morgan fingerprint density at radius 2 is 1.89 bits per heavy atom. The summed E-state index contributed by atoms with van der Waals surface area (Å²) in [4.78, 5) is 11.5. The van der Waals surface area contributed by atoms with E-state index in [0.29, 0.717) is 6.04 Å². The highest BCUT2D eigenvalue weighted by Gasteiger charge is 2.25. The van der Waals surface area contributed by atoms with Crippen LogP contribution in [0, 0.1) is 5.92 Å². The van der Waals surface area contributed by atoms with E-state index in [0.717, 1.165) is 31.0 Å². The SMILES string of the molecule is CC1CCC(C)N(c2ncc(CNC3CC3)cn2)C1. The van der Waals surface area contributed by atoms with Gasteiger partial charge in [0, 0.05) is 43.1 Å². The molecule has 2 atom stereocenters. The first-order valence-electron chi connectivity index (χ1n) is 7.53. The van der Waals surface area contributed by atoms with Crippen molar-refractivity contribution in [3.05, 3.63) is 18.0 Å². The molecule has 0 spiro atoms. The molecule has 1 aromatic rings. The molecule has 1 saturated carbocycles. The summed E-state index contributed by atoms with van der Waals surface area (Å²) in [6, 6.07) is 1.30. The molecule has 1 N–H and O–H groups in total. The van der Waals surface area contributed by atoms with Crippen LogP contribution >= 0.6 is 0 Å². The molecular formula is C15H24N4. The highest BCUT2D eigenvalue weighted by Crippen LogP contribution is 2.24. The van der Waals surface area contributed by atoms with Gasteiger partial charge < -0.3 is 10.2 Å². The number of hydrogen-bond donors (Lipinski definition) is 1. The van der Waals surface area contributed by atoms with Gasteiger partial charge in [-0.1, -0.05) is 6.92 Å². The first kappa shape index (κ1) is 12.9. The van der Waals surface area contributed by atoms with Crippen LogP contribution < -0.4 is 10.2 Å². The molecule has 0 amide bonds. The highest BCUT2D eigenvalue weighted by molar-refractivity contribution is 5.32. The Morgan fingerprint density at radius 1 is 1.16 bits per heavy atom. The van der Waals surface area contributed by atoms with E-state index in [1.165, 1.54) is 31.2 Å². The third-order valence-corrected chi connectivity index (χ3v) is 4.24. The minimum Gasteiger partial charge on any atom is -0.338 e. The van der Waals surface area contributed by atoms with Gasteiger partial charge in [-0.15, -0.1) is 0 Å². The van der Waals surface area contributed by atoms with E-state index in [-0.39, 0.29) is 0 Å². The van der Waals surface area contributed by atoms with Crippen molar-refractivity contribution >= 4 is 5.95 Å². The molecule has 0 radical (unpaired) electrons. The molecule has 2 aliphatic rings. The number of aromatic nitrogens is 2. The second-order valence-corrected chi connectivity index (χ2v) is 6.23. The first-order chi connectivity index (χ1) is 9.22. The van der Waals surface area contributed by atoms with Crippen LogP contribution in [0.5, 0.6) is 0 Å². The molecule has 19 heavy (non-hydrogen) atoms. The Labute approximate surface area is 115 Å². The van der Waals surface area contributed by atoms with Gasteiger partial charge in [0.15, 0.2) is 0 Å². The predicted molar refractivity (Wildman–Crippen MR) is 77.1 cm³/mol. The normalized spacial score (nSPS) is 27.6. The maximum absolute atomic E-state index is 4.56. The molecule has 1 aliphatic carbocycles. The number of piperidine rings is 1. The van der Waals surface area contributed by atoms with E-state index in [4.69, 9.17) is 0 Å². The molecule has 2 heterocycles. The zero-order valence-corrected chi connectivity index (χ0v) is 12.0. The topological polar surface area (TPSA) is 41.1 Å². The zero-order valence-electron chi connectivity index (χ0n) is 12.0. The Hall–Kier alpha value is -1.16. The fourth-order valence-electron chi connectivity index (χ4n) is 2.70. The maximum atomic E-state index is 4.56. The van der Waals surface area contributed by atoms with Crippen LogP contribution in [0.3, 0.4) is 0 Å². The third-order valence-electron chi connectivity index (χ3n) is 4.24. The van der Waals surface area contributed by atoms with Gasteiger partial charge in [0.25, 0.3) is 0 Å². The summed E-state index contributed by atoms with van der Waals surface area (Å²) < 4.78 is 0. The molecule has 1 aromatic heterocycles. The Morgan fingerprint density at radius 3 is 2.58 bits per heavy atom. The maximum Gasteiger partial charge on any atom is 0.225 e. The van der Waals surface area contributed by atoms with Gasteiger partial charge >= 0.3 is 0 Å². The summed E-state index contributed by atoms with van der Waals surface area (Å²) in [6.45, 7) is 6.57. The van der Waals surface area contributed by atoms with Crippen LogP contribution in [0.2, 0.25) is 0 Å². The average Bonchev–Trinajstić information content (AvgIpc) is 3.24. The van der Waals surface area contributed by atoms with Gasteiger partial charge in [0.05, 0.1) is 0 Å². The average molecular weight is 260 g/mol. The number of nitrogens with one attached hydrogen (secondary N) is 1. The summed E-state index contributed by atoms with van der Waals surface area (Å²) in [7, 11) is 0. The van der Waals surface area contributed by atoms with Crippen molar-refractivity contribution < 1.29 is 0 Å². The standard InChI is InChI=1S/C15H24N4/c1-11-3-4-12(2)19(10-11)15-17-8-13(9-18-15)7-16-14-5-6-14/h8-9,11-12,14,16H,3-7,10H2,1-2H3. The van der Waals surface area contributed by atoms with E-state index in [2.05, 4.69) is 34.0 Å². The molecule has 2 fully saturated rings. The predicted octanol–water partition coefficient (Wildman–Crippen LogP) is 2.35. The summed E-state index contributed by atoms with van der Waals surface area (Å²) >= 11 is 0. The molecule has 4 nitrogen and oxygen atoms in total. The van der Waals surface area contributed by atoms with Crippen molar-refractivity contribution in [2.45, 2.75) is 58.2 Å². The molecule has 2 unspecified atom stereocenters. The molecule has 1 saturated heterocycles. The number of anilines is 1. The largest absolute Gasteiger partial charge is 0.338 e. The van der Waals surface area contributed by atoms with Gasteiger partial charge in [-0.05, 0) is 38.5 Å². The van der Waals surface area contributed by atoms with Gasteiger partial charge in [-0.2, -0.15) is 0 Å². The minimum absolute atomic E-state index is 0.562. The lowest BCUT2D eigenvalue weighted by atomic mass is 9.95. The molecule has 1 aliphatic heterocycles. The minimum atomic E-state index is 0.562. The molecule has 0 bridgehead atoms. The number of rotatable bonds is 4. The Kier molecular flexibility index (Phi) is 3.69.